The number of hydrogen-bond acceptors (Lipinski definition) is 5. The molecule has 0 saturated carbocycles. The second-order valence-electron chi connectivity index (χ2n) is 6.86. The van der Waals surface area contributed by atoms with E-state index in [1.54, 1.807) is 0 Å². The fraction of sp³-hybridized carbons (Fsp3) is 0.875. The van der Waals surface area contributed by atoms with E-state index in [0.717, 1.165) is 44.1 Å². The van der Waals surface area contributed by atoms with Crippen molar-refractivity contribution < 1.29 is 4.52 Å². The SMILES string of the molecule is CC(C)CCc1noc(C2CCCN2C2CCNCC2)n1. The molecular weight excluding hydrogens is 264 g/mol. The highest BCUT2D eigenvalue weighted by Gasteiger charge is 2.35. The van der Waals surface area contributed by atoms with Gasteiger partial charge in [0.15, 0.2) is 5.82 Å². The van der Waals surface area contributed by atoms with Crippen molar-refractivity contribution in [1.29, 1.82) is 0 Å². The van der Waals surface area contributed by atoms with Gasteiger partial charge in [0.2, 0.25) is 5.89 Å². The first-order valence-corrected chi connectivity index (χ1v) is 8.53. The monoisotopic (exact) mass is 292 g/mol. The summed E-state index contributed by atoms with van der Waals surface area (Å²) < 4.78 is 5.58. The molecule has 1 aromatic heterocycles. The summed E-state index contributed by atoms with van der Waals surface area (Å²) in [4.78, 5) is 7.29. The van der Waals surface area contributed by atoms with Gasteiger partial charge in [-0.3, -0.25) is 4.90 Å². The van der Waals surface area contributed by atoms with E-state index in [0.29, 0.717) is 18.0 Å². The Morgan fingerprint density at radius 2 is 2.10 bits per heavy atom. The molecule has 21 heavy (non-hydrogen) atoms. The zero-order valence-corrected chi connectivity index (χ0v) is 13.3. The van der Waals surface area contributed by atoms with Crippen molar-refractivity contribution in [2.45, 2.75) is 64.5 Å². The molecule has 3 rings (SSSR count). The van der Waals surface area contributed by atoms with Gasteiger partial charge in [-0.25, -0.2) is 0 Å². The summed E-state index contributed by atoms with van der Waals surface area (Å²) in [6.07, 6.45) is 6.95. The Labute approximate surface area is 127 Å². The van der Waals surface area contributed by atoms with Gasteiger partial charge in [0.25, 0.3) is 0 Å². The van der Waals surface area contributed by atoms with Crippen molar-refractivity contribution in [2.75, 3.05) is 19.6 Å². The minimum atomic E-state index is 0.355. The lowest BCUT2D eigenvalue weighted by Crippen LogP contribution is -2.42. The molecule has 0 aliphatic carbocycles. The number of nitrogens with zero attached hydrogens (tertiary/aromatic N) is 3. The van der Waals surface area contributed by atoms with E-state index in [1.165, 1.54) is 25.8 Å². The molecule has 0 bridgehead atoms. The van der Waals surface area contributed by atoms with Gasteiger partial charge in [0.05, 0.1) is 6.04 Å². The van der Waals surface area contributed by atoms with Crippen molar-refractivity contribution in [3.05, 3.63) is 11.7 Å². The fourth-order valence-corrected chi connectivity index (χ4v) is 3.55. The Balaban J connectivity index is 1.64. The number of rotatable bonds is 5. The Morgan fingerprint density at radius 1 is 1.29 bits per heavy atom. The van der Waals surface area contributed by atoms with E-state index < -0.39 is 0 Å². The van der Waals surface area contributed by atoms with Crippen molar-refractivity contribution in [3.63, 3.8) is 0 Å². The highest BCUT2D eigenvalue weighted by molar-refractivity contribution is 4.99. The first-order chi connectivity index (χ1) is 10.2. The minimum Gasteiger partial charge on any atom is -0.338 e. The quantitative estimate of drug-likeness (QED) is 0.904. The molecule has 2 saturated heterocycles. The lowest BCUT2D eigenvalue weighted by Gasteiger charge is -2.34. The van der Waals surface area contributed by atoms with Gasteiger partial charge in [-0.15, -0.1) is 0 Å². The average molecular weight is 292 g/mol. The van der Waals surface area contributed by atoms with Crippen LogP contribution in [0.4, 0.5) is 0 Å². The molecule has 0 spiro atoms. The molecule has 1 aromatic rings. The molecule has 0 amide bonds. The standard InChI is InChI=1S/C16H28N4O/c1-12(2)5-6-15-18-16(21-19-15)14-4-3-11-20(14)13-7-9-17-10-8-13/h12-14,17H,3-11H2,1-2H3. The van der Waals surface area contributed by atoms with Gasteiger partial charge in [0, 0.05) is 12.5 Å². The smallest absolute Gasteiger partial charge is 0.244 e. The lowest BCUT2D eigenvalue weighted by atomic mass is 10.0. The van der Waals surface area contributed by atoms with Gasteiger partial charge >= 0.3 is 0 Å². The number of aryl methyl sites for hydroxylation is 1. The highest BCUT2D eigenvalue weighted by atomic mass is 16.5. The van der Waals surface area contributed by atoms with Crippen molar-refractivity contribution in [2.24, 2.45) is 5.92 Å². The summed E-state index contributed by atoms with van der Waals surface area (Å²) in [5.74, 6) is 2.42. The molecule has 1 N–H and O–H groups in total. The van der Waals surface area contributed by atoms with Crippen LogP contribution in [-0.2, 0) is 6.42 Å². The molecule has 5 nitrogen and oxygen atoms in total. The molecule has 5 heteroatoms. The molecule has 2 aliphatic rings. The summed E-state index contributed by atoms with van der Waals surface area (Å²) in [7, 11) is 0. The van der Waals surface area contributed by atoms with Gasteiger partial charge in [-0.05, 0) is 57.7 Å². The third-order valence-electron chi connectivity index (χ3n) is 4.79. The number of piperidine rings is 1. The average Bonchev–Trinajstić information content (AvgIpc) is 3.14. The first-order valence-electron chi connectivity index (χ1n) is 8.53. The van der Waals surface area contributed by atoms with Crippen LogP contribution in [0.25, 0.3) is 0 Å². The Morgan fingerprint density at radius 3 is 2.86 bits per heavy atom. The van der Waals surface area contributed by atoms with E-state index in [-0.39, 0.29) is 0 Å². The van der Waals surface area contributed by atoms with Gasteiger partial charge in [-0.2, -0.15) is 4.98 Å². The van der Waals surface area contributed by atoms with Crippen LogP contribution in [0.2, 0.25) is 0 Å². The number of hydrogen-bond donors (Lipinski definition) is 1. The minimum absolute atomic E-state index is 0.355. The van der Waals surface area contributed by atoms with Crippen molar-refractivity contribution in [3.8, 4) is 0 Å². The van der Waals surface area contributed by atoms with Crippen LogP contribution < -0.4 is 5.32 Å². The molecule has 0 radical (unpaired) electrons. The summed E-state index contributed by atoms with van der Waals surface area (Å²) >= 11 is 0. The molecule has 0 aromatic carbocycles. The van der Waals surface area contributed by atoms with E-state index >= 15 is 0 Å². The summed E-state index contributed by atoms with van der Waals surface area (Å²) in [6.45, 7) is 7.92. The maximum atomic E-state index is 5.58. The Bertz CT molecular complexity index is 439. The number of likely N-dealkylation sites (tertiary alicyclic amines) is 1. The maximum absolute atomic E-state index is 5.58. The molecule has 3 heterocycles. The number of aromatic nitrogens is 2. The van der Waals surface area contributed by atoms with Crippen LogP contribution in [0.15, 0.2) is 4.52 Å². The zero-order valence-electron chi connectivity index (χ0n) is 13.3. The van der Waals surface area contributed by atoms with Crippen LogP contribution in [0.3, 0.4) is 0 Å². The van der Waals surface area contributed by atoms with Crippen LogP contribution in [-0.4, -0.2) is 40.7 Å². The Hall–Kier alpha value is -0.940. The van der Waals surface area contributed by atoms with E-state index in [1.807, 2.05) is 0 Å². The van der Waals surface area contributed by atoms with E-state index in [2.05, 4.69) is 34.2 Å². The van der Waals surface area contributed by atoms with Crippen molar-refractivity contribution >= 4 is 0 Å². The van der Waals surface area contributed by atoms with Crippen molar-refractivity contribution in [1.82, 2.24) is 20.4 Å². The third-order valence-corrected chi connectivity index (χ3v) is 4.79. The molecule has 1 unspecified atom stereocenters. The van der Waals surface area contributed by atoms with E-state index in [4.69, 9.17) is 4.52 Å². The summed E-state index contributed by atoms with van der Waals surface area (Å²) in [5, 5.41) is 7.63. The normalized spacial score (nSPS) is 25.0. The second-order valence-corrected chi connectivity index (χ2v) is 6.86. The fourth-order valence-electron chi connectivity index (χ4n) is 3.55. The maximum Gasteiger partial charge on any atom is 0.244 e. The predicted octanol–water partition coefficient (Wildman–Crippen LogP) is 2.55. The third kappa shape index (κ3) is 3.64. The summed E-state index contributed by atoms with van der Waals surface area (Å²) in [5.41, 5.74) is 0. The van der Waals surface area contributed by atoms with Crippen LogP contribution in [0.1, 0.15) is 63.7 Å². The molecule has 2 fully saturated rings. The molecule has 1 atom stereocenters. The topological polar surface area (TPSA) is 54.2 Å². The second kappa shape index (κ2) is 6.88. The molecular formula is C16H28N4O. The van der Waals surface area contributed by atoms with Gasteiger partial charge in [0.1, 0.15) is 0 Å². The first kappa shape index (κ1) is 15.0. The lowest BCUT2D eigenvalue weighted by molar-refractivity contribution is 0.126. The molecule has 118 valence electrons. The molecule has 2 aliphatic heterocycles. The summed E-state index contributed by atoms with van der Waals surface area (Å²) in [6, 6.07) is 1.04. The van der Waals surface area contributed by atoms with Crippen LogP contribution >= 0.6 is 0 Å². The van der Waals surface area contributed by atoms with Gasteiger partial charge < -0.3 is 9.84 Å². The largest absolute Gasteiger partial charge is 0.338 e. The van der Waals surface area contributed by atoms with E-state index in [9.17, 15) is 0 Å². The predicted molar refractivity (Wildman–Crippen MR) is 82.0 cm³/mol. The van der Waals surface area contributed by atoms with Crippen LogP contribution in [0.5, 0.6) is 0 Å². The zero-order chi connectivity index (χ0) is 14.7. The number of nitrogens with one attached hydrogen (secondary N) is 1. The van der Waals surface area contributed by atoms with Gasteiger partial charge in [-0.1, -0.05) is 19.0 Å². The highest BCUT2D eigenvalue weighted by Crippen LogP contribution is 2.34. The Kier molecular flexibility index (Phi) is 4.91. The van der Waals surface area contributed by atoms with Crippen LogP contribution in [0, 0.1) is 5.92 Å².